The van der Waals surface area contributed by atoms with Gasteiger partial charge in [0.2, 0.25) is 0 Å². The smallest absolute Gasteiger partial charge is 0.255 e. The van der Waals surface area contributed by atoms with Crippen molar-refractivity contribution < 1.29 is 14.3 Å². The van der Waals surface area contributed by atoms with Gasteiger partial charge in [-0.15, -0.1) is 0 Å². The number of aromatic nitrogens is 2. The summed E-state index contributed by atoms with van der Waals surface area (Å²) >= 11 is 0. The van der Waals surface area contributed by atoms with Crippen molar-refractivity contribution in [2.24, 2.45) is 0 Å². The van der Waals surface area contributed by atoms with Crippen LogP contribution in [0.4, 0.5) is 0 Å². The maximum Gasteiger partial charge on any atom is 0.255 e. The van der Waals surface area contributed by atoms with E-state index < -0.39 is 0 Å². The molecular weight excluding hydrogens is 380 g/mol. The minimum atomic E-state index is -0.190. The van der Waals surface area contributed by atoms with E-state index in [0.717, 1.165) is 11.3 Å². The highest BCUT2D eigenvalue weighted by molar-refractivity contribution is 5.97. The summed E-state index contributed by atoms with van der Waals surface area (Å²) in [6.07, 6.45) is 2.15. The van der Waals surface area contributed by atoms with Crippen LogP contribution < -0.4 is 15.4 Å². The van der Waals surface area contributed by atoms with Gasteiger partial charge < -0.3 is 15.4 Å². The minimum Gasteiger partial charge on any atom is -0.493 e. The second kappa shape index (κ2) is 8.82. The maximum absolute atomic E-state index is 12.7. The third kappa shape index (κ3) is 4.20. The van der Waals surface area contributed by atoms with Gasteiger partial charge in [0, 0.05) is 13.0 Å². The van der Waals surface area contributed by atoms with Crippen LogP contribution in [0, 0.1) is 0 Å². The highest BCUT2D eigenvalue weighted by atomic mass is 16.5. The molecule has 2 heterocycles. The van der Waals surface area contributed by atoms with Crippen LogP contribution in [-0.4, -0.2) is 34.2 Å². The SMILES string of the molecule is CCOc1ccccc1C(=O)N[C@H]1Cc2c(C(=O)NCc3ccccc3)cnn2C1. The number of carbonyl (C=O) groups excluding carboxylic acids is 2. The van der Waals surface area contributed by atoms with Gasteiger partial charge in [0.1, 0.15) is 5.75 Å². The van der Waals surface area contributed by atoms with Gasteiger partial charge in [-0.25, -0.2) is 0 Å². The largest absolute Gasteiger partial charge is 0.493 e. The van der Waals surface area contributed by atoms with E-state index in [1.807, 2.05) is 49.4 Å². The highest BCUT2D eigenvalue weighted by Crippen LogP contribution is 2.22. The molecule has 0 bridgehead atoms. The van der Waals surface area contributed by atoms with Crippen LogP contribution in [0.1, 0.15) is 38.9 Å². The van der Waals surface area contributed by atoms with Crippen LogP contribution in [0.25, 0.3) is 0 Å². The Balaban J connectivity index is 1.39. The lowest BCUT2D eigenvalue weighted by Gasteiger charge is -2.14. The topological polar surface area (TPSA) is 85.2 Å². The molecule has 2 aromatic carbocycles. The first-order valence-corrected chi connectivity index (χ1v) is 10.0. The molecule has 7 heteroatoms. The van der Waals surface area contributed by atoms with E-state index in [4.69, 9.17) is 4.74 Å². The molecule has 0 aliphatic carbocycles. The quantitative estimate of drug-likeness (QED) is 0.634. The van der Waals surface area contributed by atoms with Gasteiger partial charge in [0.25, 0.3) is 11.8 Å². The summed E-state index contributed by atoms with van der Waals surface area (Å²) in [6.45, 7) is 3.36. The Hall–Kier alpha value is -3.61. The number of amides is 2. The maximum atomic E-state index is 12.7. The van der Waals surface area contributed by atoms with Gasteiger partial charge in [-0.1, -0.05) is 42.5 Å². The van der Waals surface area contributed by atoms with Crippen molar-refractivity contribution in [3.63, 3.8) is 0 Å². The summed E-state index contributed by atoms with van der Waals surface area (Å²) in [5.41, 5.74) is 2.93. The Morgan fingerprint density at radius 1 is 1.07 bits per heavy atom. The number of benzene rings is 2. The molecule has 1 atom stereocenters. The Kier molecular flexibility index (Phi) is 5.79. The predicted octanol–water partition coefficient (Wildman–Crippen LogP) is 2.57. The lowest BCUT2D eigenvalue weighted by molar-refractivity contribution is 0.0931. The van der Waals surface area contributed by atoms with Crippen molar-refractivity contribution >= 4 is 11.8 Å². The molecule has 2 N–H and O–H groups in total. The van der Waals surface area contributed by atoms with Crippen molar-refractivity contribution in [1.82, 2.24) is 20.4 Å². The second-order valence-electron chi connectivity index (χ2n) is 7.16. The van der Waals surface area contributed by atoms with Crippen LogP contribution in [0.5, 0.6) is 5.75 Å². The number of hydrogen-bond donors (Lipinski definition) is 2. The zero-order valence-electron chi connectivity index (χ0n) is 16.8. The third-order valence-electron chi connectivity index (χ3n) is 5.09. The van der Waals surface area contributed by atoms with Gasteiger partial charge in [0.05, 0.1) is 42.2 Å². The molecule has 154 valence electrons. The first-order chi connectivity index (χ1) is 14.7. The zero-order valence-corrected chi connectivity index (χ0v) is 16.8. The van der Waals surface area contributed by atoms with Gasteiger partial charge in [-0.2, -0.15) is 5.10 Å². The standard InChI is InChI=1S/C23H24N4O3/c1-2-30-21-11-7-6-10-18(21)23(29)26-17-12-20-19(14-25-27(20)15-17)22(28)24-13-16-8-4-3-5-9-16/h3-11,14,17H,2,12-13,15H2,1H3,(H,24,28)(H,26,29)/t17-/m0/s1. The molecule has 3 aromatic rings. The van der Waals surface area contributed by atoms with Crippen molar-refractivity contribution in [3.8, 4) is 5.75 Å². The molecule has 1 aromatic heterocycles. The normalized spacial score (nSPS) is 14.8. The summed E-state index contributed by atoms with van der Waals surface area (Å²) in [6, 6.07) is 16.8. The van der Waals surface area contributed by atoms with E-state index in [-0.39, 0.29) is 17.9 Å². The van der Waals surface area contributed by atoms with Crippen LogP contribution in [0.3, 0.4) is 0 Å². The Morgan fingerprint density at radius 3 is 2.63 bits per heavy atom. The van der Waals surface area contributed by atoms with Crippen molar-refractivity contribution in [1.29, 1.82) is 0 Å². The Bertz CT molecular complexity index is 1050. The molecule has 30 heavy (non-hydrogen) atoms. The van der Waals surface area contributed by atoms with E-state index in [0.29, 0.717) is 43.0 Å². The number of hydrogen-bond acceptors (Lipinski definition) is 4. The molecule has 0 unspecified atom stereocenters. The lowest BCUT2D eigenvalue weighted by atomic mass is 10.1. The van der Waals surface area contributed by atoms with Crippen LogP contribution in [0.2, 0.25) is 0 Å². The summed E-state index contributed by atoms with van der Waals surface area (Å²) in [7, 11) is 0. The molecule has 1 aliphatic rings. The zero-order chi connectivity index (χ0) is 20.9. The molecule has 0 saturated carbocycles. The van der Waals surface area contributed by atoms with E-state index >= 15 is 0 Å². The second-order valence-corrected chi connectivity index (χ2v) is 7.16. The first kappa shape index (κ1) is 19.7. The van der Waals surface area contributed by atoms with Gasteiger partial charge in [-0.3, -0.25) is 14.3 Å². The van der Waals surface area contributed by atoms with E-state index in [1.165, 1.54) is 0 Å². The lowest BCUT2D eigenvalue weighted by Crippen LogP contribution is -2.36. The summed E-state index contributed by atoms with van der Waals surface area (Å²) < 4.78 is 7.34. The molecular formula is C23H24N4O3. The average molecular weight is 404 g/mol. The van der Waals surface area contributed by atoms with Crippen LogP contribution >= 0.6 is 0 Å². The molecule has 4 rings (SSSR count). The summed E-state index contributed by atoms with van der Waals surface area (Å²) in [5.74, 6) is 0.216. The molecule has 2 amide bonds. The first-order valence-electron chi connectivity index (χ1n) is 10.0. The Morgan fingerprint density at radius 2 is 1.83 bits per heavy atom. The monoisotopic (exact) mass is 404 g/mol. The molecule has 7 nitrogen and oxygen atoms in total. The molecule has 0 saturated heterocycles. The number of fused-ring (bicyclic) bond motifs is 1. The summed E-state index contributed by atoms with van der Waals surface area (Å²) in [4.78, 5) is 25.4. The van der Waals surface area contributed by atoms with Crippen LogP contribution in [-0.2, 0) is 19.5 Å². The minimum absolute atomic E-state index is 0.128. The fraction of sp³-hybridized carbons (Fsp3) is 0.261. The average Bonchev–Trinajstić information content (AvgIpc) is 3.33. The van der Waals surface area contributed by atoms with Crippen molar-refractivity contribution in [2.75, 3.05) is 6.61 Å². The van der Waals surface area contributed by atoms with Crippen LogP contribution in [0.15, 0.2) is 60.8 Å². The summed E-state index contributed by atoms with van der Waals surface area (Å²) in [5, 5.41) is 10.3. The number of para-hydroxylation sites is 1. The number of rotatable bonds is 7. The Labute approximate surface area is 175 Å². The van der Waals surface area contributed by atoms with Gasteiger partial charge in [0.15, 0.2) is 0 Å². The molecule has 0 fully saturated rings. The molecule has 1 aliphatic heterocycles. The predicted molar refractivity (Wildman–Crippen MR) is 112 cm³/mol. The number of carbonyl (C=O) groups is 2. The number of nitrogens with one attached hydrogen (secondary N) is 2. The number of ether oxygens (including phenoxy) is 1. The van der Waals surface area contributed by atoms with Gasteiger partial charge >= 0.3 is 0 Å². The molecule has 0 spiro atoms. The van der Waals surface area contributed by atoms with E-state index in [1.54, 1.807) is 23.0 Å². The van der Waals surface area contributed by atoms with Crippen molar-refractivity contribution in [3.05, 3.63) is 83.2 Å². The van der Waals surface area contributed by atoms with Crippen molar-refractivity contribution in [2.45, 2.75) is 32.5 Å². The third-order valence-corrected chi connectivity index (χ3v) is 5.09. The fourth-order valence-electron chi connectivity index (χ4n) is 3.65. The molecule has 0 radical (unpaired) electrons. The van der Waals surface area contributed by atoms with E-state index in [9.17, 15) is 9.59 Å². The van der Waals surface area contributed by atoms with E-state index in [2.05, 4.69) is 15.7 Å². The fourth-order valence-corrected chi connectivity index (χ4v) is 3.65. The van der Waals surface area contributed by atoms with Gasteiger partial charge in [-0.05, 0) is 24.6 Å². The highest BCUT2D eigenvalue weighted by Gasteiger charge is 2.29. The number of nitrogens with zero attached hydrogens (tertiary/aromatic N) is 2.